The lowest BCUT2D eigenvalue weighted by Gasteiger charge is -2.08. The third-order valence-corrected chi connectivity index (χ3v) is 2.62. The van der Waals surface area contributed by atoms with E-state index in [1.165, 1.54) is 0 Å². The van der Waals surface area contributed by atoms with E-state index in [1.54, 1.807) is 4.98 Å². The van der Waals surface area contributed by atoms with E-state index in [-0.39, 0.29) is 24.9 Å². The molecule has 0 saturated heterocycles. The number of nitrogens with one attached hydrogen (secondary N) is 2. The molecule has 18 heavy (non-hydrogen) atoms. The Balaban J connectivity index is 2.09. The maximum absolute atomic E-state index is 13.1. The number of carbonyl (C=O) groups excluding carboxylic acids is 1. The van der Waals surface area contributed by atoms with Crippen LogP contribution < -0.4 is 16.6 Å². The number of amides is 1. The molecule has 1 fully saturated rings. The number of aromatic nitrogens is 2. The summed E-state index contributed by atoms with van der Waals surface area (Å²) in [5.41, 5.74) is -2.23. The Hall–Kier alpha value is -2.12. The second-order valence-electron chi connectivity index (χ2n) is 4.14. The quantitative estimate of drug-likeness (QED) is 0.646. The molecular weight excluding hydrogens is 245 g/mol. The Morgan fingerprint density at radius 1 is 1.50 bits per heavy atom. The molecular formula is C10H12FN3O4. The zero-order chi connectivity index (χ0) is 13.3. The van der Waals surface area contributed by atoms with E-state index in [4.69, 9.17) is 0 Å². The summed E-state index contributed by atoms with van der Waals surface area (Å²) >= 11 is 0. The van der Waals surface area contributed by atoms with Gasteiger partial charge in [-0.05, 0) is 12.8 Å². The highest BCUT2D eigenvalue weighted by Gasteiger charge is 2.23. The predicted molar refractivity (Wildman–Crippen MR) is 58.7 cm³/mol. The van der Waals surface area contributed by atoms with E-state index >= 15 is 0 Å². The summed E-state index contributed by atoms with van der Waals surface area (Å²) in [6.45, 7) is -0.198. The molecule has 8 heteroatoms. The summed E-state index contributed by atoms with van der Waals surface area (Å²) in [5.74, 6) is -2.77. The van der Waals surface area contributed by atoms with Crippen molar-refractivity contribution in [1.82, 2.24) is 14.9 Å². The van der Waals surface area contributed by atoms with Gasteiger partial charge in [0.25, 0.3) is 5.56 Å². The molecule has 0 atom stereocenters. The van der Waals surface area contributed by atoms with Crippen molar-refractivity contribution in [2.75, 3.05) is 0 Å². The van der Waals surface area contributed by atoms with Crippen molar-refractivity contribution in [2.24, 2.45) is 0 Å². The minimum absolute atomic E-state index is 0.0740. The number of carbonyl (C=O) groups is 1. The minimum atomic E-state index is -1.43. The van der Waals surface area contributed by atoms with Gasteiger partial charge in [0, 0.05) is 19.0 Å². The first-order chi connectivity index (χ1) is 8.49. The summed E-state index contributed by atoms with van der Waals surface area (Å²) in [6.07, 6.45) is 1.80. The molecule has 1 aromatic rings. The molecule has 7 nitrogen and oxygen atoms in total. The second-order valence-corrected chi connectivity index (χ2v) is 4.14. The van der Waals surface area contributed by atoms with Crippen molar-refractivity contribution in [3.05, 3.63) is 26.7 Å². The minimum Gasteiger partial charge on any atom is -0.492 e. The van der Waals surface area contributed by atoms with Gasteiger partial charge in [-0.25, -0.2) is 4.79 Å². The number of H-pyrrole nitrogens is 1. The fourth-order valence-electron chi connectivity index (χ4n) is 1.48. The van der Waals surface area contributed by atoms with Gasteiger partial charge in [0.2, 0.25) is 17.6 Å². The molecule has 1 amide bonds. The molecule has 1 aromatic heterocycles. The SMILES string of the molecule is O=C(CCn1c(O)c(F)c(=O)[nH]c1=O)NC1CC1. The predicted octanol–water partition coefficient (Wildman–Crippen LogP) is -0.950. The summed E-state index contributed by atoms with van der Waals surface area (Å²) < 4.78 is 13.7. The summed E-state index contributed by atoms with van der Waals surface area (Å²) in [4.78, 5) is 35.2. The van der Waals surface area contributed by atoms with Crippen molar-refractivity contribution in [3.63, 3.8) is 0 Å². The Labute approximate surface area is 100 Å². The van der Waals surface area contributed by atoms with Crippen LogP contribution >= 0.6 is 0 Å². The van der Waals surface area contributed by atoms with Gasteiger partial charge in [-0.2, -0.15) is 4.39 Å². The average Bonchev–Trinajstić information content (AvgIpc) is 3.09. The third kappa shape index (κ3) is 2.58. The van der Waals surface area contributed by atoms with E-state index < -0.39 is 22.9 Å². The standard InChI is InChI=1S/C10H12FN3O4/c11-7-8(16)13-10(18)14(9(7)17)4-3-6(15)12-5-1-2-5/h5,17H,1-4H2,(H,12,15)(H,13,16,18). The topological polar surface area (TPSA) is 104 Å². The Bertz CT molecular complexity index is 588. The van der Waals surface area contributed by atoms with Crippen molar-refractivity contribution >= 4 is 5.91 Å². The molecule has 1 heterocycles. The first-order valence-electron chi connectivity index (χ1n) is 5.50. The van der Waals surface area contributed by atoms with Crippen molar-refractivity contribution in [1.29, 1.82) is 0 Å². The lowest BCUT2D eigenvalue weighted by Crippen LogP contribution is -2.34. The zero-order valence-electron chi connectivity index (χ0n) is 9.40. The highest BCUT2D eigenvalue weighted by Crippen LogP contribution is 2.18. The number of aromatic hydroxyl groups is 1. The zero-order valence-corrected chi connectivity index (χ0v) is 9.40. The molecule has 0 radical (unpaired) electrons. The lowest BCUT2D eigenvalue weighted by molar-refractivity contribution is -0.121. The molecule has 2 rings (SSSR count). The van der Waals surface area contributed by atoms with Crippen LogP contribution in [0.25, 0.3) is 0 Å². The molecule has 0 bridgehead atoms. The van der Waals surface area contributed by atoms with Gasteiger partial charge in [0.05, 0.1) is 0 Å². The van der Waals surface area contributed by atoms with Gasteiger partial charge in [-0.1, -0.05) is 0 Å². The van der Waals surface area contributed by atoms with Crippen LogP contribution in [-0.4, -0.2) is 26.6 Å². The van der Waals surface area contributed by atoms with E-state index in [9.17, 15) is 23.9 Å². The van der Waals surface area contributed by atoms with Gasteiger partial charge >= 0.3 is 5.69 Å². The van der Waals surface area contributed by atoms with Gasteiger partial charge in [0.1, 0.15) is 0 Å². The summed E-state index contributed by atoms with van der Waals surface area (Å²) in [6, 6.07) is 0.190. The molecule has 1 aliphatic rings. The van der Waals surface area contributed by atoms with Gasteiger partial charge < -0.3 is 10.4 Å². The Morgan fingerprint density at radius 3 is 2.78 bits per heavy atom. The average molecular weight is 257 g/mol. The largest absolute Gasteiger partial charge is 0.492 e. The van der Waals surface area contributed by atoms with Crippen molar-refractivity contribution in [2.45, 2.75) is 31.8 Å². The Kier molecular flexibility index (Phi) is 3.17. The molecule has 0 aliphatic heterocycles. The van der Waals surface area contributed by atoms with Crippen molar-refractivity contribution < 1.29 is 14.3 Å². The van der Waals surface area contributed by atoms with Gasteiger partial charge in [-0.3, -0.25) is 19.1 Å². The monoisotopic (exact) mass is 257 g/mol. The molecule has 3 N–H and O–H groups in total. The first kappa shape index (κ1) is 12.3. The summed E-state index contributed by atoms with van der Waals surface area (Å²) in [5, 5.41) is 12.0. The van der Waals surface area contributed by atoms with E-state index in [0.717, 1.165) is 12.8 Å². The van der Waals surface area contributed by atoms with Crippen LogP contribution in [0.3, 0.4) is 0 Å². The van der Waals surface area contributed by atoms with Gasteiger partial charge in [-0.15, -0.1) is 0 Å². The fraction of sp³-hybridized carbons (Fsp3) is 0.500. The van der Waals surface area contributed by atoms with Crippen LogP contribution in [-0.2, 0) is 11.3 Å². The molecule has 1 saturated carbocycles. The fourth-order valence-corrected chi connectivity index (χ4v) is 1.48. The number of aromatic amines is 1. The number of hydrogen-bond donors (Lipinski definition) is 3. The molecule has 1 aliphatic carbocycles. The summed E-state index contributed by atoms with van der Waals surface area (Å²) in [7, 11) is 0. The lowest BCUT2D eigenvalue weighted by atomic mass is 10.4. The number of rotatable bonds is 4. The van der Waals surface area contributed by atoms with Crippen LogP contribution in [0.15, 0.2) is 9.59 Å². The molecule has 0 spiro atoms. The highest BCUT2D eigenvalue weighted by molar-refractivity contribution is 5.76. The van der Waals surface area contributed by atoms with E-state index in [0.29, 0.717) is 4.57 Å². The van der Waals surface area contributed by atoms with E-state index in [1.807, 2.05) is 0 Å². The second kappa shape index (κ2) is 4.63. The van der Waals surface area contributed by atoms with Crippen LogP contribution in [0.4, 0.5) is 4.39 Å². The van der Waals surface area contributed by atoms with Crippen LogP contribution in [0.1, 0.15) is 19.3 Å². The van der Waals surface area contributed by atoms with Crippen LogP contribution in [0, 0.1) is 5.82 Å². The Morgan fingerprint density at radius 2 is 2.17 bits per heavy atom. The maximum Gasteiger partial charge on any atom is 0.331 e. The number of hydrogen-bond acceptors (Lipinski definition) is 4. The molecule has 98 valence electrons. The third-order valence-electron chi connectivity index (χ3n) is 2.62. The van der Waals surface area contributed by atoms with Crippen LogP contribution in [0.5, 0.6) is 5.88 Å². The first-order valence-corrected chi connectivity index (χ1v) is 5.50. The van der Waals surface area contributed by atoms with E-state index in [2.05, 4.69) is 5.32 Å². The molecule has 0 unspecified atom stereocenters. The van der Waals surface area contributed by atoms with Gasteiger partial charge in [0.15, 0.2) is 0 Å². The number of halogens is 1. The normalized spacial score (nSPS) is 14.5. The smallest absolute Gasteiger partial charge is 0.331 e. The van der Waals surface area contributed by atoms with Crippen molar-refractivity contribution in [3.8, 4) is 5.88 Å². The van der Waals surface area contributed by atoms with Crippen LogP contribution in [0.2, 0.25) is 0 Å². The maximum atomic E-state index is 13.1. The molecule has 0 aromatic carbocycles. The highest BCUT2D eigenvalue weighted by atomic mass is 19.1. The number of nitrogens with zero attached hydrogens (tertiary/aromatic N) is 1.